The van der Waals surface area contributed by atoms with E-state index in [-0.39, 0.29) is 24.8 Å². The van der Waals surface area contributed by atoms with Crippen LogP contribution in [0.15, 0.2) is 24.3 Å². The highest BCUT2D eigenvalue weighted by Crippen LogP contribution is 2.25. The molecule has 3 rings (SSSR count). The van der Waals surface area contributed by atoms with Gasteiger partial charge in [0, 0.05) is 24.7 Å². The molecule has 1 aromatic rings. The molecule has 2 aliphatic rings. The normalized spacial score (nSPS) is 21.0. The summed E-state index contributed by atoms with van der Waals surface area (Å²) in [6, 6.07) is 7.50. The first-order valence-corrected chi connectivity index (χ1v) is 7.44. The minimum atomic E-state index is -0.941. The van der Waals surface area contributed by atoms with Crippen molar-refractivity contribution in [2.75, 3.05) is 11.4 Å². The first-order valence-electron chi connectivity index (χ1n) is 7.44. The molecule has 0 bridgehead atoms. The molecular weight excluding hydrogens is 284 g/mol. The van der Waals surface area contributed by atoms with Gasteiger partial charge in [0.25, 0.3) is 0 Å². The quantitative estimate of drug-likeness (QED) is 0.847. The Bertz CT molecular complexity index is 607. The molecule has 1 aliphatic carbocycles. The van der Waals surface area contributed by atoms with Gasteiger partial charge in [0.15, 0.2) is 0 Å². The molecule has 0 aromatic heterocycles. The van der Waals surface area contributed by atoms with Crippen LogP contribution in [-0.2, 0) is 20.8 Å². The Morgan fingerprint density at radius 1 is 1.23 bits per heavy atom. The van der Waals surface area contributed by atoms with Gasteiger partial charge in [-0.1, -0.05) is 12.1 Å². The summed E-state index contributed by atoms with van der Waals surface area (Å²) in [5.41, 5.74) is 1.56. The van der Waals surface area contributed by atoms with E-state index in [0.29, 0.717) is 18.2 Å². The number of aliphatic carboxylic acids is 1. The molecule has 2 N–H and O–H groups in total. The molecule has 6 heteroatoms. The molecule has 0 radical (unpaired) electrons. The lowest BCUT2D eigenvalue weighted by molar-refractivity contribution is -0.141. The fourth-order valence-corrected chi connectivity index (χ4v) is 2.61. The number of amides is 2. The van der Waals surface area contributed by atoms with Gasteiger partial charge in [-0.05, 0) is 30.5 Å². The molecule has 2 fully saturated rings. The Balaban J connectivity index is 1.62. The van der Waals surface area contributed by atoms with Crippen molar-refractivity contribution in [2.24, 2.45) is 5.92 Å². The van der Waals surface area contributed by atoms with Crippen LogP contribution in [0.25, 0.3) is 0 Å². The molecule has 116 valence electrons. The number of rotatable bonds is 5. The van der Waals surface area contributed by atoms with Gasteiger partial charge < -0.3 is 15.3 Å². The molecule has 22 heavy (non-hydrogen) atoms. The second-order valence-corrected chi connectivity index (χ2v) is 5.93. The van der Waals surface area contributed by atoms with E-state index in [1.165, 1.54) is 4.90 Å². The Morgan fingerprint density at radius 2 is 1.91 bits per heavy atom. The maximum absolute atomic E-state index is 11.9. The average Bonchev–Trinajstić information content (AvgIpc) is 3.19. The Hall–Kier alpha value is -2.37. The minimum Gasteiger partial charge on any atom is -0.481 e. The van der Waals surface area contributed by atoms with Gasteiger partial charge >= 0.3 is 5.97 Å². The highest BCUT2D eigenvalue weighted by Gasteiger charge is 2.35. The minimum absolute atomic E-state index is 0.0124. The van der Waals surface area contributed by atoms with Crippen LogP contribution in [0.4, 0.5) is 5.69 Å². The van der Waals surface area contributed by atoms with Crippen molar-refractivity contribution >= 4 is 23.5 Å². The van der Waals surface area contributed by atoms with Crippen molar-refractivity contribution in [1.82, 2.24) is 5.32 Å². The zero-order valence-electron chi connectivity index (χ0n) is 12.1. The molecule has 1 aromatic carbocycles. The second kappa shape index (κ2) is 5.79. The molecule has 0 spiro atoms. The zero-order chi connectivity index (χ0) is 15.7. The number of nitrogens with one attached hydrogen (secondary N) is 1. The fourth-order valence-electron chi connectivity index (χ4n) is 2.61. The second-order valence-electron chi connectivity index (χ2n) is 5.93. The van der Waals surface area contributed by atoms with Crippen LogP contribution in [0.1, 0.15) is 24.8 Å². The first kappa shape index (κ1) is 14.6. The standard InChI is InChI=1S/C16H18N2O4/c19-14(17-12-3-4-12)7-10-1-5-13(6-2-10)18-9-11(16(21)22)8-15(18)20/h1-2,5-6,11-12H,3-4,7-9H2,(H,17,19)(H,21,22)/t11-/m1/s1. The molecule has 0 unspecified atom stereocenters. The maximum Gasteiger partial charge on any atom is 0.308 e. The maximum atomic E-state index is 11.9. The van der Waals surface area contributed by atoms with Crippen molar-refractivity contribution in [3.05, 3.63) is 29.8 Å². The number of anilines is 1. The van der Waals surface area contributed by atoms with Gasteiger partial charge in [0.1, 0.15) is 0 Å². The van der Waals surface area contributed by atoms with Gasteiger partial charge in [-0.3, -0.25) is 14.4 Å². The van der Waals surface area contributed by atoms with E-state index in [2.05, 4.69) is 5.32 Å². The summed E-state index contributed by atoms with van der Waals surface area (Å²) < 4.78 is 0. The van der Waals surface area contributed by atoms with Gasteiger partial charge in [-0.2, -0.15) is 0 Å². The number of carbonyl (C=O) groups is 3. The average molecular weight is 302 g/mol. The summed E-state index contributed by atoms with van der Waals surface area (Å²) >= 11 is 0. The number of nitrogens with zero attached hydrogens (tertiary/aromatic N) is 1. The lowest BCUT2D eigenvalue weighted by atomic mass is 10.1. The van der Waals surface area contributed by atoms with Crippen molar-refractivity contribution in [1.29, 1.82) is 0 Å². The van der Waals surface area contributed by atoms with E-state index in [0.717, 1.165) is 18.4 Å². The highest BCUT2D eigenvalue weighted by molar-refractivity contribution is 5.99. The van der Waals surface area contributed by atoms with Crippen molar-refractivity contribution in [2.45, 2.75) is 31.7 Å². The lowest BCUT2D eigenvalue weighted by Crippen LogP contribution is -2.27. The third-order valence-electron chi connectivity index (χ3n) is 4.03. The molecule has 1 heterocycles. The van der Waals surface area contributed by atoms with Gasteiger partial charge in [-0.25, -0.2) is 0 Å². The summed E-state index contributed by atoms with van der Waals surface area (Å²) in [7, 11) is 0. The van der Waals surface area contributed by atoms with Crippen molar-refractivity contribution in [3.63, 3.8) is 0 Å². The topological polar surface area (TPSA) is 86.7 Å². The van der Waals surface area contributed by atoms with Crippen LogP contribution in [0.5, 0.6) is 0 Å². The molecule has 6 nitrogen and oxygen atoms in total. The Labute approximate surface area is 128 Å². The lowest BCUT2D eigenvalue weighted by Gasteiger charge is -2.16. The van der Waals surface area contributed by atoms with E-state index in [1.807, 2.05) is 12.1 Å². The smallest absolute Gasteiger partial charge is 0.308 e. The van der Waals surface area contributed by atoms with Crippen LogP contribution in [0.2, 0.25) is 0 Å². The summed E-state index contributed by atoms with van der Waals surface area (Å²) in [6.45, 7) is 0.204. The van der Waals surface area contributed by atoms with Crippen molar-refractivity contribution < 1.29 is 19.5 Å². The summed E-state index contributed by atoms with van der Waals surface area (Å²) in [6.07, 6.45) is 2.49. The van der Waals surface area contributed by atoms with E-state index < -0.39 is 11.9 Å². The molecule has 1 atom stereocenters. The number of carboxylic acids is 1. The molecule has 1 aliphatic heterocycles. The van der Waals surface area contributed by atoms with Crippen LogP contribution in [0.3, 0.4) is 0 Å². The Morgan fingerprint density at radius 3 is 2.45 bits per heavy atom. The van der Waals surface area contributed by atoms with Gasteiger partial charge in [0.05, 0.1) is 12.3 Å². The predicted molar refractivity (Wildman–Crippen MR) is 79.4 cm³/mol. The fraction of sp³-hybridized carbons (Fsp3) is 0.438. The van der Waals surface area contributed by atoms with E-state index >= 15 is 0 Å². The summed E-state index contributed by atoms with van der Waals surface area (Å²) in [4.78, 5) is 36.1. The van der Waals surface area contributed by atoms with Crippen LogP contribution in [-0.4, -0.2) is 35.5 Å². The van der Waals surface area contributed by atoms with E-state index in [1.54, 1.807) is 12.1 Å². The van der Waals surface area contributed by atoms with Crippen molar-refractivity contribution in [3.8, 4) is 0 Å². The molecular formula is C16H18N2O4. The number of hydrogen-bond donors (Lipinski definition) is 2. The summed E-state index contributed by atoms with van der Waals surface area (Å²) in [5, 5.41) is 11.9. The summed E-state index contributed by atoms with van der Waals surface area (Å²) in [5.74, 6) is -1.74. The van der Waals surface area contributed by atoms with Crippen LogP contribution in [0, 0.1) is 5.92 Å². The molecule has 1 saturated heterocycles. The van der Waals surface area contributed by atoms with Gasteiger partial charge in [-0.15, -0.1) is 0 Å². The number of hydrogen-bond acceptors (Lipinski definition) is 3. The Kier molecular flexibility index (Phi) is 3.83. The predicted octanol–water partition coefficient (Wildman–Crippen LogP) is 0.945. The van der Waals surface area contributed by atoms with Gasteiger partial charge in [0.2, 0.25) is 11.8 Å². The third-order valence-corrected chi connectivity index (χ3v) is 4.03. The largest absolute Gasteiger partial charge is 0.481 e. The molecule has 2 amide bonds. The number of benzene rings is 1. The van der Waals surface area contributed by atoms with E-state index in [9.17, 15) is 14.4 Å². The SMILES string of the molecule is O=C(Cc1ccc(N2C[C@H](C(=O)O)CC2=O)cc1)NC1CC1. The monoisotopic (exact) mass is 302 g/mol. The zero-order valence-corrected chi connectivity index (χ0v) is 12.1. The third kappa shape index (κ3) is 3.27. The molecule has 1 saturated carbocycles. The number of carbonyl (C=O) groups excluding carboxylic acids is 2. The van der Waals surface area contributed by atoms with Crippen LogP contribution < -0.4 is 10.2 Å². The van der Waals surface area contributed by atoms with Crippen LogP contribution >= 0.6 is 0 Å². The number of carboxylic acid groups (broad SMARTS) is 1. The first-order chi connectivity index (χ1) is 10.5. The van der Waals surface area contributed by atoms with E-state index in [4.69, 9.17) is 5.11 Å². The highest BCUT2D eigenvalue weighted by atomic mass is 16.4.